The molecule has 2 nitrogen and oxygen atoms in total. The Morgan fingerprint density at radius 3 is 2.93 bits per heavy atom. The van der Waals surface area contributed by atoms with Gasteiger partial charge in [0.2, 0.25) is 0 Å². The number of ether oxygens (including phenoxy) is 1. The highest BCUT2D eigenvalue weighted by atomic mass is 16.5. The van der Waals surface area contributed by atoms with E-state index in [4.69, 9.17) is 4.74 Å². The molecule has 0 fully saturated rings. The lowest BCUT2D eigenvalue weighted by molar-refractivity contribution is -0.691. The summed E-state index contributed by atoms with van der Waals surface area (Å²) in [4.78, 5) is 0. The van der Waals surface area contributed by atoms with Crippen LogP contribution in [0.25, 0.3) is 0 Å². The van der Waals surface area contributed by atoms with Gasteiger partial charge in [0.05, 0.1) is 19.2 Å². The van der Waals surface area contributed by atoms with Crippen LogP contribution < -0.4 is 5.32 Å². The van der Waals surface area contributed by atoms with Crippen molar-refractivity contribution in [2.24, 2.45) is 0 Å². The molecule has 2 rings (SSSR count). The fourth-order valence-corrected chi connectivity index (χ4v) is 2.35. The lowest BCUT2D eigenvalue weighted by atomic mass is 9.88. The van der Waals surface area contributed by atoms with Crippen LogP contribution in [0.3, 0.4) is 0 Å². The Hall–Kier alpha value is -0.860. The van der Waals surface area contributed by atoms with E-state index in [1.165, 1.54) is 19.3 Å². The zero-order chi connectivity index (χ0) is 10.5. The van der Waals surface area contributed by atoms with E-state index in [1.54, 1.807) is 18.2 Å². The first-order valence-electron chi connectivity index (χ1n) is 5.79. The van der Waals surface area contributed by atoms with Crippen LogP contribution in [0.2, 0.25) is 0 Å². The van der Waals surface area contributed by atoms with Gasteiger partial charge in [-0.2, -0.15) is 0 Å². The first-order chi connectivity index (χ1) is 7.40. The molecule has 0 saturated heterocycles. The smallest absolute Gasteiger partial charge is 0.0995 e. The molecule has 0 saturated carbocycles. The number of rotatable bonds is 4. The van der Waals surface area contributed by atoms with Gasteiger partial charge >= 0.3 is 0 Å². The van der Waals surface area contributed by atoms with Gasteiger partial charge in [-0.05, 0) is 17.5 Å². The number of quaternary nitrogens is 1. The van der Waals surface area contributed by atoms with E-state index in [2.05, 4.69) is 29.6 Å². The number of fused-ring (bicyclic) bond motifs is 1. The predicted molar refractivity (Wildman–Crippen MR) is 60.9 cm³/mol. The monoisotopic (exact) mass is 206 g/mol. The average molecular weight is 206 g/mol. The maximum Gasteiger partial charge on any atom is 0.0995 e. The zero-order valence-electron chi connectivity index (χ0n) is 9.41. The van der Waals surface area contributed by atoms with Crippen molar-refractivity contribution in [1.29, 1.82) is 0 Å². The Kier molecular flexibility index (Phi) is 3.75. The molecule has 0 heterocycles. The number of methoxy groups -OCH3 is 1. The second-order valence-electron chi connectivity index (χ2n) is 4.29. The highest BCUT2D eigenvalue weighted by molar-refractivity contribution is 5.29. The molecule has 0 aliphatic heterocycles. The summed E-state index contributed by atoms with van der Waals surface area (Å²) in [6, 6.07) is 9.59. The van der Waals surface area contributed by atoms with Gasteiger partial charge in [-0.3, -0.25) is 0 Å². The molecular weight excluding hydrogens is 186 g/mol. The van der Waals surface area contributed by atoms with E-state index >= 15 is 0 Å². The van der Waals surface area contributed by atoms with Crippen LogP contribution in [0.15, 0.2) is 24.3 Å². The van der Waals surface area contributed by atoms with Crippen molar-refractivity contribution in [1.82, 2.24) is 0 Å². The molecule has 0 amide bonds. The van der Waals surface area contributed by atoms with Gasteiger partial charge in [-0.15, -0.1) is 0 Å². The van der Waals surface area contributed by atoms with Crippen LogP contribution >= 0.6 is 0 Å². The number of nitrogens with two attached hydrogens (primary N) is 1. The summed E-state index contributed by atoms with van der Waals surface area (Å²) < 4.78 is 5.07. The van der Waals surface area contributed by atoms with Crippen molar-refractivity contribution in [3.8, 4) is 0 Å². The molecule has 1 aliphatic rings. The van der Waals surface area contributed by atoms with E-state index in [9.17, 15) is 0 Å². The summed E-state index contributed by atoms with van der Waals surface area (Å²) in [6.45, 7) is 1.95. The maximum absolute atomic E-state index is 5.07. The van der Waals surface area contributed by atoms with E-state index in [1.807, 2.05) is 0 Å². The SMILES string of the molecule is COCC[NH2+][C@H]1CCc2ccccc2C1. The molecule has 1 aromatic carbocycles. The zero-order valence-corrected chi connectivity index (χ0v) is 9.41. The van der Waals surface area contributed by atoms with Crippen molar-refractivity contribution in [2.45, 2.75) is 25.3 Å². The van der Waals surface area contributed by atoms with Gasteiger partial charge in [0.25, 0.3) is 0 Å². The standard InChI is InChI=1S/C13H19NO/c1-15-9-8-14-13-7-6-11-4-2-3-5-12(11)10-13/h2-5,13-14H,6-10H2,1H3/p+1/t13-/m0/s1. The molecule has 0 bridgehead atoms. The van der Waals surface area contributed by atoms with Crippen LogP contribution in [-0.2, 0) is 17.6 Å². The molecule has 0 unspecified atom stereocenters. The first-order valence-corrected chi connectivity index (χ1v) is 5.79. The lowest BCUT2D eigenvalue weighted by Gasteiger charge is -2.22. The molecule has 2 N–H and O–H groups in total. The van der Waals surface area contributed by atoms with Gasteiger partial charge in [-0.25, -0.2) is 0 Å². The topological polar surface area (TPSA) is 25.8 Å². The quantitative estimate of drug-likeness (QED) is 0.723. The predicted octanol–water partition coefficient (Wildman–Crippen LogP) is 0.754. The third-order valence-electron chi connectivity index (χ3n) is 3.21. The van der Waals surface area contributed by atoms with Crippen molar-refractivity contribution in [3.63, 3.8) is 0 Å². The minimum absolute atomic E-state index is 0.759. The Balaban J connectivity index is 1.88. The van der Waals surface area contributed by atoms with Crippen molar-refractivity contribution < 1.29 is 10.1 Å². The van der Waals surface area contributed by atoms with Crippen molar-refractivity contribution in [3.05, 3.63) is 35.4 Å². The highest BCUT2D eigenvalue weighted by Gasteiger charge is 2.19. The fraction of sp³-hybridized carbons (Fsp3) is 0.538. The average Bonchev–Trinajstić information content (AvgIpc) is 2.29. The van der Waals surface area contributed by atoms with Gasteiger partial charge in [0.1, 0.15) is 0 Å². The molecule has 15 heavy (non-hydrogen) atoms. The van der Waals surface area contributed by atoms with Crippen LogP contribution in [0.5, 0.6) is 0 Å². The number of hydrogen-bond donors (Lipinski definition) is 1. The molecule has 0 aromatic heterocycles. The minimum Gasteiger partial charge on any atom is -0.379 e. The molecule has 1 aromatic rings. The van der Waals surface area contributed by atoms with E-state index in [0.717, 1.165) is 19.2 Å². The summed E-state index contributed by atoms with van der Waals surface area (Å²) >= 11 is 0. The fourth-order valence-electron chi connectivity index (χ4n) is 2.35. The summed E-state index contributed by atoms with van der Waals surface area (Å²) in [6.07, 6.45) is 3.77. The molecule has 1 atom stereocenters. The van der Waals surface area contributed by atoms with Gasteiger partial charge in [0, 0.05) is 20.0 Å². The molecule has 0 spiro atoms. The summed E-state index contributed by atoms with van der Waals surface area (Å²) in [5.41, 5.74) is 3.09. The normalized spacial score (nSPS) is 19.9. The van der Waals surface area contributed by atoms with E-state index < -0.39 is 0 Å². The largest absolute Gasteiger partial charge is 0.379 e. The van der Waals surface area contributed by atoms with Gasteiger partial charge in [0.15, 0.2) is 0 Å². The molecular formula is C13H20NO+. The second-order valence-corrected chi connectivity index (χ2v) is 4.29. The number of benzene rings is 1. The third-order valence-corrected chi connectivity index (χ3v) is 3.21. The van der Waals surface area contributed by atoms with Crippen molar-refractivity contribution >= 4 is 0 Å². The van der Waals surface area contributed by atoms with Crippen LogP contribution in [-0.4, -0.2) is 26.3 Å². The lowest BCUT2D eigenvalue weighted by Crippen LogP contribution is -2.91. The van der Waals surface area contributed by atoms with Crippen LogP contribution in [0.1, 0.15) is 17.5 Å². The number of aryl methyl sites for hydroxylation is 1. The molecule has 2 heteroatoms. The molecule has 1 aliphatic carbocycles. The Bertz CT molecular complexity index is 311. The minimum atomic E-state index is 0.759. The van der Waals surface area contributed by atoms with E-state index in [0.29, 0.717) is 0 Å². The second kappa shape index (κ2) is 5.29. The Labute approximate surface area is 91.6 Å². The van der Waals surface area contributed by atoms with Crippen LogP contribution in [0.4, 0.5) is 0 Å². The first kappa shape index (κ1) is 10.7. The summed E-state index contributed by atoms with van der Waals surface area (Å²) in [7, 11) is 1.77. The van der Waals surface area contributed by atoms with Crippen LogP contribution in [0, 0.1) is 0 Å². The summed E-state index contributed by atoms with van der Waals surface area (Å²) in [5, 5.41) is 2.43. The Morgan fingerprint density at radius 1 is 1.33 bits per heavy atom. The summed E-state index contributed by atoms with van der Waals surface area (Å²) in [5.74, 6) is 0. The van der Waals surface area contributed by atoms with E-state index in [-0.39, 0.29) is 0 Å². The highest BCUT2D eigenvalue weighted by Crippen LogP contribution is 2.19. The Morgan fingerprint density at radius 2 is 2.13 bits per heavy atom. The van der Waals surface area contributed by atoms with Crippen molar-refractivity contribution in [2.75, 3.05) is 20.3 Å². The van der Waals surface area contributed by atoms with Gasteiger partial charge < -0.3 is 10.1 Å². The molecule has 82 valence electrons. The number of hydrogen-bond acceptors (Lipinski definition) is 1. The third kappa shape index (κ3) is 2.80. The van der Waals surface area contributed by atoms with Gasteiger partial charge in [-0.1, -0.05) is 24.3 Å². The maximum atomic E-state index is 5.07. The molecule has 0 radical (unpaired) electrons.